The van der Waals surface area contributed by atoms with Crippen molar-refractivity contribution < 1.29 is 9.72 Å². The van der Waals surface area contributed by atoms with Gasteiger partial charge < -0.3 is 5.32 Å². The molecule has 7 nitrogen and oxygen atoms in total. The van der Waals surface area contributed by atoms with Crippen LogP contribution in [-0.2, 0) is 18.3 Å². The lowest BCUT2D eigenvalue weighted by molar-refractivity contribution is -0.384. The molecule has 1 N–H and O–H groups in total. The molecule has 0 aliphatic heterocycles. The summed E-state index contributed by atoms with van der Waals surface area (Å²) in [5.41, 5.74) is 3.97. The SMILES string of the molecule is Cc1nn(C)c(C)c1C[C@@H](C)NC(=O)/C=C\c1ccc([N+](=O)[O-])cc1. The summed E-state index contributed by atoms with van der Waals surface area (Å²) < 4.78 is 1.84. The molecule has 0 fully saturated rings. The second-order valence-electron chi connectivity index (χ2n) is 6.07. The maximum absolute atomic E-state index is 12.0. The monoisotopic (exact) mass is 342 g/mol. The highest BCUT2D eigenvalue weighted by atomic mass is 16.6. The van der Waals surface area contributed by atoms with Gasteiger partial charge in [0.2, 0.25) is 5.91 Å². The maximum atomic E-state index is 12.0. The molecule has 2 rings (SSSR count). The second kappa shape index (κ2) is 7.74. The Morgan fingerprint density at radius 1 is 1.36 bits per heavy atom. The van der Waals surface area contributed by atoms with Crippen molar-refractivity contribution in [1.82, 2.24) is 15.1 Å². The van der Waals surface area contributed by atoms with Crippen LogP contribution >= 0.6 is 0 Å². The standard InChI is InChI=1S/C18H22N4O3/c1-12(11-17-13(2)20-21(4)14(17)3)19-18(23)10-7-15-5-8-16(9-6-15)22(24)25/h5-10,12H,11H2,1-4H3,(H,19,23)/b10-7-/t12-/m1/s1. The topological polar surface area (TPSA) is 90.1 Å². The zero-order valence-corrected chi connectivity index (χ0v) is 14.8. The van der Waals surface area contributed by atoms with Gasteiger partial charge >= 0.3 is 0 Å². The Hall–Kier alpha value is -2.96. The third kappa shape index (κ3) is 4.76. The number of amides is 1. The van der Waals surface area contributed by atoms with Crippen LogP contribution in [0.2, 0.25) is 0 Å². The van der Waals surface area contributed by atoms with Crippen LogP contribution in [0.3, 0.4) is 0 Å². The van der Waals surface area contributed by atoms with E-state index >= 15 is 0 Å². The van der Waals surface area contributed by atoms with Crippen LogP contribution in [-0.4, -0.2) is 26.7 Å². The van der Waals surface area contributed by atoms with Gasteiger partial charge in [-0.15, -0.1) is 0 Å². The molecule has 0 spiro atoms. The van der Waals surface area contributed by atoms with E-state index < -0.39 is 4.92 Å². The molecule has 1 aromatic carbocycles. The van der Waals surface area contributed by atoms with Crippen molar-refractivity contribution in [2.75, 3.05) is 0 Å². The fourth-order valence-corrected chi connectivity index (χ4v) is 2.64. The summed E-state index contributed by atoms with van der Waals surface area (Å²) in [6.07, 6.45) is 3.77. The van der Waals surface area contributed by atoms with E-state index in [-0.39, 0.29) is 17.6 Å². The number of carbonyl (C=O) groups is 1. The highest BCUT2D eigenvalue weighted by molar-refractivity contribution is 5.91. The smallest absolute Gasteiger partial charge is 0.269 e. The molecule has 0 saturated heterocycles. The van der Waals surface area contributed by atoms with E-state index in [1.807, 2.05) is 32.5 Å². The Balaban J connectivity index is 1.93. The van der Waals surface area contributed by atoms with Crippen molar-refractivity contribution >= 4 is 17.7 Å². The number of aryl methyl sites for hydroxylation is 2. The van der Waals surface area contributed by atoms with Gasteiger partial charge in [0.05, 0.1) is 10.6 Å². The molecule has 2 aromatic rings. The van der Waals surface area contributed by atoms with Crippen LogP contribution in [0.1, 0.15) is 29.4 Å². The highest BCUT2D eigenvalue weighted by Gasteiger charge is 2.13. The molecule has 1 aromatic heterocycles. The summed E-state index contributed by atoms with van der Waals surface area (Å²) in [6.45, 7) is 5.92. The van der Waals surface area contributed by atoms with Gasteiger partial charge in [-0.1, -0.05) is 0 Å². The number of hydrogen-bond acceptors (Lipinski definition) is 4. The maximum Gasteiger partial charge on any atom is 0.269 e. The molecule has 132 valence electrons. The van der Waals surface area contributed by atoms with Crippen LogP contribution in [0.4, 0.5) is 5.69 Å². The number of aromatic nitrogens is 2. The summed E-state index contributed by atoms with van der Waals surface area (Å²) in [4.78, 5) is 22.2. The van der Waals surface area contributed by atoms with E-state index in [0.29, 0.717) is 6.42 Å². The number of nitro groups is 1. The van der Waals surface area contributed by atoms with Gasteiger partial charge in [0.25, 0.3) is 5.69 Å². The third-order valence-corrected chi connectivity index (χ3v) is 4.09. The molecular formula is C18H22N4O3. The Bertz CT molecular complexity index is 806. The molecule has 1 amide bonds. The molecule has 0 aliphatic rings. The fourth-order valence-electron chi connectivity index (χ4n) is 2.64. The van der Waals surface area contributed by atoms with Crippen molar-refractivity contribution in [2.45, 2.75) is 33.2 Å². The van der Waals surface area contributed by atoms with Crippen LogP contribution in [0, 0.1) is 24.0 Å². The first kappa shape index (κ1) is 18.4. The van der Waals surface area contributed by atoms with Gasteiger partial charge in [0.1, 0.15) is 0 Å². The largest absolute Gasteiger partial charge is 0.350 e. The number of hydrogen-bond donors (Lipinski definition) is 1. The zero-order chi connectivity index (χ0) is 18.6. The number of nitro benzene ring substituents is 1. The molecule has 0 aliphatic carbocycles. The minimum Gasteiger partial charge on any atom is -0.350 e. The summed E-state index contributed by atoms with van der Waals surface area (Å²) in [5.74, 6) is -0.204. The molecular weight excluding hydrogens is 320 g/mol. The highest BCUT2D eigenvalue weighted by Crippen LogP contribution is 2.15. The number of nitrogens with one attached hydrogen (secondary N) is 1. The summed E-state index contributed by atoms with van der Waals surface area (Å²) in [6, 6.07) is 6.00. The van der Waals surface area contributed by atoms with Crippen LogP contribution < -0.4 is 5.32 Å². The molecule has 0 unspecified atom stereocenters. The van der Waals surface area contributed by atoms with Crippen LogP contribution in [0.25, 0.3) is 6.08 Å². The van der Waals surface area contributed by atoms with E-state index in [0.717, 1.165) is 22.5 Å². The van der Waals surface area contributed by atoms with E-state index in [1.165, 1.54) is 18.2 Å². The fraction of sp³-hybridized carbons (Fsp3) is 0.333. The predicted octanol–water partition coefficient (Wildman–Crippen LogP) is 2.71. The summed E-state index contributed by atoms with van der Waals surface area (Å²) in [5, 5.41) is 17.9. The summed E-state index contributed by atoms with van der Waals surface area (Å²) >= 11 is 0. The second-order valence-corrected chi connectivity index (χ2v) is 6.07. The third-order valence-electron chi connectivity index (χ3n) is 4.09. The lowest BCUT2D eigenvalue weighted by atomic mass is 10.1. The van der Waals surface area contributed by atoms with E-state index in [2.05, 4.69) is 10.4 Å². The van der Waals surface area contributed by atoms with Crippen molar-refractivity contribution in [3.8, 4) is 0 Å². The first-order valence-electron chi connectivity index (χ1n) is 8.00. The van der Waals surface area contributed by atoms with E-state index in [4.69, 9.17) is 0 Å². The quantitative estimate of drug-likeness (QED) is 0.496. The average molecular weight is 342 g/mol. The van der Waals surface area contributed by atoms with Crippen LogP contribution in [0.15, 0.2) is 30.3 Å². The van der Waals surface area contributed by atoms with E-state index in [1.54, 1.807) is 18.2 Å². The Morgan fingerprint density at radius 3 is 2.52 bits per heavy atom. The number of non-ortho nitro benzene ring substituents is 1. The van der Waals surface area contributed by atoms with Gasteiger partial charge in [-0.3, -0.25) is 19.6 Å². The molecule has 1 heterocycles. The van der Waals surface area contributed by atoms with Crippen molar-refractivity contribution in [2.24, 2.45) is 7.05 Å². The first-order chi connectivity index (χ1) is 11.8. The Morgan fingerprint density at radius 2 is 2.00 bits per heavy atom. The Labute approximate surface area is 146 Å². The number of carbonyl (C=O) groups excluding carboxylic acids is 1. The van der Waals surface area contributed by atoms with Gasteiger partial charge in [-0.25, -0.2) is 0 Å². The molecule has 0 bridgehead atoms. The van der Waals surface area contributed by atoms with Crippen LogP contribution in [0.5, 0.6) is 0 Å². The Kier molecular flexibility index (Phi) is 5.69. The van der Waals surface area contributed by atoms with Crippen molar-refractivity contribution in [3.05, 3.63) is 63.0 Å². The molecule has 0 radical (unpaired) electrons. The molecule has 7 heteroatoms. The van der Waals surface area contributed by atoms with Gasteiger partial charge in [-0.05, 0) is 56.5 Å². The number of nitrogens with zero attached hydrogens (tertiary/aromatic N) is 3. The summed E-state index contributed by atoms with van der Waals surface area (Å²) in [7, 11) is 1.90. The number of rotatable bonds is 6. The molecule has 1 atom stereocenters. The predicted molar refractivity (Wildman–Crippen MR) is 96.1 cm³/mol. The molecule has 0 saturated carbocycles. The lowest BCUT2D eigenvalue weighted by Gasteiger charge is -2.13. The van der Waals surface area contributed by atoms with E-state index in [9.17, 15) is 14.9 Å². The average Bonchev–Trinajstić information content (AvgIpc) is 2.79. The normalized spacial score (nSPS) is 12.3. The zero-order valence-electron chi connectivity index (χ0n) is 14.8. The van der Waals surface area contributed by atoms with Crippen molar-refractivity contribution in [1.29, 1.82) is 0 Å². The van der Waals surface area contributed by atoms with Gasteiger partial charge in [-0.2, -0.15) is 5.10 Å². The van der Waals surface area contributed by atoms with Gasteiger partial charge in [0, 0.05) is 37.0 Å². The first-order valence-corrected chi connectivity index (χ1v) is 8.00. The minimum absolute atomic E-state index is 0.0254. The minimum atomic E-state index is -0.454. The molecule has 25 heavy (non-hydrogen) atoms. The lowest BCUT2D eigenvalue weighted by Crippen LogP contribution is -2.33. The van der Waals surface area contributed by atoms with Gasteiger partial charge in [0.15, 0.2) is 0 Å². The van der Waals surface area contributed by atoms with Crippen molar-refractivity contribution in [3.63, 3.8) is 0 Å². The number of benzene rings is 1.